The zero-order valence-electron chi connectivity index (χ0n) is 13.1. The van der Waals surface area contributed by atoms with Gasteiger partial charge in [-0.15, -0.1) is 22.7 Å². The van der Waals surface area contributed by atoms with E-state index in [2.05, 4.69) is 32.9 Å². The highest BCUT2D eigenvalue weighted by atomic mass is 32.1. The molecule has 0 unspecified atom stereocenters. The number of hydrogen-bond donors (Lipinski definition) is 2. The predicted octanol–water partition coefficient (Wildman–Crippen LogP) is 3.39. The Morgan fingerprint density at radius 1 is 1.17 bits per heavy atom. The summed E-state index contributed by atoms with van der Waals surface area (Å²) in [5.41, 5.74) is 7.62. The second kappa shape index (κ2) is 6.21. The number of anilines is 2. The van der Waals surface area contributed by atoms with Crippen molar-refractivity contribution in [2.24, 2.45) is 7.05 Å². The molecule has 24 heavy (non-hydrogen) atoms. The van der Waals surface area contributed by atoms with Gasteiger partial charge in [0.15, 0.2) is 5.65 Å². The molecule has 8 heteroatoms. The van der Waals surface area contributed by atoms with E-state index in [1.54, 1.807) is 27.4 Å². The summed E-state index contributed by atoms with van der Waals surface area (Å²) in [4.78, 5) is 11.6. The van der Waals surface area contributed by atoms with E-state index >= 15 is 0 Å². The average Bonchev–Trinajstić information content (AvgIpc) is 3.31. The Morgan fingerprint density at radius 2 is 2.00 bits per heavy atom. The van der Waals surface area contributed by atoms with E-state index in [0.717, 1.165) is 28.9 Å². The molecular formula is C16H16N6S2. The molecule has 4 rings (SSSR count). The molecule has 0 saturated heterocycles. The lowest BCUT2D eigenvalue weighted by Gasteiger charge is -2.06. The van der Waals surface area contributed by atoms with Crippen molar-refractivity contribution >= 4 is 45.5 Å². The Bertz CT molecular complexity index is 956. The van der Waals surface area contributed by atoms with Gasteiger partial charge in [0.2, 0.25) is 5.95 Å². The van der Waals surface area contributed by atoms with Crippen LogP contribution in [0.3, 0.4) is 0 Å². The molecule has 4 heterocycles. The van der Waals surface area contributed by atoms with E-state index in [-0.39, 0.29) is 0 Å². The second-order valence-corrected chi connectivity index (χ2v) is 7.32. The molecule has 0 spiro atoms. The van der Waals surface area contributed by atoms with Crippen LogP contribution in [0.25, 0.3) is 21.6 Å². The first-order chi connectivity index (χ1) is 11.7. The van der Waals surface area contributed by atoms with Crippen molar-refractivity contribution < 1.29 is 0 Å². The molecule has 0 aromatic carbocycles. The van der Waals surface area contributed by atoms with Crippen LogP contribution >= 0.6 is 22.7 Å². The Labute approximate surface area is 147 Å². The smallest absolute Gasteiger partial charge is 0.225 e. The fourth-order valence-electron chi connectivity index (χ4n) is 2.54. The molecular weight excluding hydrogens is 340 g/mol. The van der Waals surface area contributed by atoms with E-state index in [0.29, 0.717) is 17.4 Å². The third kappa shape index (κ3) is 2.74. The molecule has 0 fully saturated rings. The third-order valence-electron chi connectivity index (χ3n) is 3.73. The van der Waals surface area contributed by atoms with Crippen molar-refractivity contribution in [2.75, 3.05) is 17.6 Å². The van der Waals surface area contributed by atoms with Gasteiger partial charge in [-0.25, -0.2) is 4.98 Å². The Hall–Kier alpha value is -2.45. The number of rotatable bonds is 5. The number of thiophene rings is 2. The minimum atomic E-state index is 0.582. The van der Waals surface area contributed by atoms with Crippen LogP contribution in [0.4, 0.5) is 11.8 Å². The summed E-state index contributed by atoms with van der Waals surface area (Å²) in [5, 5.41) is 12.6. The van der Waals surface area contributed by atoms with E-state index in [1.165, 1.54) is 4.88 Å². The average molecular weight is 356 g/mol. The molecule has 4 aromatic heterocycles. The van der Waals surface area contributed by atoms with Crippen LogP contribution in [0.2, 0.25) is 0 Å². The lowest BCUT2D eigenvalue weighted by Crippen LogP contribution is -2.08. The summed E-state index contributed by atoms with van der Waals surface area (Å²) in [5.74, 6) is 1.17. The van der Waals surface area contributed by atoms with Gasteiger partial charge < -0.3 is 11.1 Å². The second-order valence-electron chi connectivity index (χ2n) is 5.34. The number of nitrogen functional groups attached to an aromatic ring is 1. The highest BCUT2D eigenvalue weighted by molar-refractivity contribution is 7.13. The number of nitrogens with two attached hydrogens (primary N) is 1. The zero-order chi connectivity index (χ0) is 16.5. The van der Waals surface area contributed by atoms with Gasteiger partial charge >= 0.3 is 0 Å². The molecule has 0 saturated carbocycles. The fourth-order valence-corrected chi connectivity index (χ4v) is 3.97. The monoisotopic (exact) mass is 356 g/mol. The van der Waals surface area contributed by atoms with Gasteiger partial charge in [0, 0.05) is 18.5 Å². The molecule has 0 radical (unpaired) electrons. The summed E-state index contributed by atoms with van der Waals surface area (Å²) in [6.07, 6.45) is 0.942. The van der Waals surface area contributed by atoms with Gasteiger partial charge in [-0.2, -0.15) is 10.1 Å². The van der Waals surface area contributed by atoms with Crippen LogP contribution in [0.5, 0.6) is 0 Å². The van der Waals surface area contributed by atoms with Crippen molar-refractivity contribution in [3.8, 4) is 10.6 Å². The predicted molar refractivity (Wildman–Crippen MR) is 101 cm³/mol. The van der Waals surface area contributed by atoms with Crippen LogP contribution in [-0.4, -0.2) is 26.3 Å². The molecule has 0 atom stereocenters. The minimum Gasteiger partial charge on any atom is -0.383 e. The van der Waals surface area contributed by atoms with Crippen LogP contribution in [0.1, 0.15) is 4.88 Å². The highest BCUT2D eigenvalue weighted by Gasteiger charge is 2.17. The van der Waals surface area contributed by atoms with E-state index in [4.69, 9.17) is 10.7 Å². The summed E-state index contributed by atoms with van der Waals surface area (Å²) < 4.78 is 1.64. The normalized spacial score (nSPS) is 11.2. The number of nitrogens with zero attached hydrogens (tertiary/aromatic N) is 4. The lowest BCUT2D eigenvalue weighted by atomic mass is 10.2. The summed E-state index contributed by atoms with van der Waals surface area (Å²) in [6.45, 7) is 0.776. The molecule has 0 bridgehead atoms. The molecule has 122 valence electrons. The van der Waals surface area contributed by atoms with Crippen LogP contribution in [0.15, 0.2) is 35.0 Å². The molecule has 3 N–H and O–H groups in total. The molecule has 0 amide bonds. The summed E-state index contributed by atoms with van der Waals surface area (Å²) >= 11 is 3.39. The van der Waals surface area contributed by atoms with Crippen molar-refractivity contribution in [1.29, 1.82) is 0 Å². The van der Waals surface area contributed by atoms with Gasteiger partial charge in [0.25, 0.3) is 0 Å². The van der Waals surface area contributed by atoms with Gasteiger partial charge in [0.05, 0.1) is 16.0 Å². The zero-order valence-corrected chi connectivity index (χ0v) is 14.7. The van der Waals surface area contributed by atoms with Crippen molar-refractivity contribution in [3.63, 3.8) is 0 Å². The first kappa shape index (κ1) is 15.1. The largest absolute Gasteiger partial charge is 0.383 e. The van der Waals surface area contributed by atoms with E-state index < -0.39 is 0 Å². The molecule has 0 aliphatic heterocycles. The van der Waals surface area contributed by atoms with Crippen molar-refractivity contribution in [2.45, 2.75) is 6.42 Å². The Morgan fingerprint density at radius 3 is 2.75 bits per heavy atom. The number of aromatic nitrogens is 4. The number of aryl methyl sites for hydroxylation is 1. The molecule has 6 nitrogen and oxygen atoms in total. The summed E-state index contributed by atoms with van der Waals surface area (Å²) in [6, 6.07) is 8.24. The SMILES string of the molecule is Cn1nc2nc(NCCc3cccs3)nc(-c3cccs3)c2c1N. The van der Waals surface area contributed by atoms with Gasteiger partial charge in [-0.3, -0.25) is 4.68 Å². The standard InChI is InChI=1S/C16H16N6S2/c1-22-14(17)12-13(11-5-3-9-24-11)19-16(20-15(12)21-22)18-7-6-10-4-2-8-23-10/h2-5,8-9H,6-7,17H2,1H3,(H,18,20,21). The van der Waals surface area contributed by atoms with Crippen molar-refractivity contribution in [3.05, 3.63) is 39.9 Å². The number of nitrogens with one attached hydrogen (secondary N) is 1. The maximum absolute atomic E-state index is 6.17. The lowest BCUT2D eigenvalue weighted by molar-refractivity contribution is 0.787. The summed E-state index contributed by atoms with van der Waals surface area (Å²) in [7, 11) is 1.82. The Balaban J connectivity index is 1.69. The maximum Gasteiger partial charge on any atom is 0.225 e. The van der Waals surface area contributed by atoms with Crippen LogP contribution in [-0.2, 0) is 13.5 Å². The van der Waals surface area contributed by atoms with E-state index in [9.17, 15) is 0 Å². The molecule has 4 aromatic rings. The first-order valence-corrected chi connectivity index (χ1v) is 9.28. The van der Waals surface area contributed by atoms with Gasteiger partial charge in [-0.1, -0.05) is 12.1 Å². The quantitative estimate of drug-likeness (QED) is 0.573. The Kier molecular flexibility index (Phi) is 3.91. The number of fused-ring (bicyclic) bond motifs is 1. The maximum atomic E-state index is 6.17. The van der Waals surface area contributed by atoms with Gasteiger partial charge in [0.1, 0.15) is 5.82 Å². The molecule has 0 aliphatic rings. The number of hydrogen-bond acceptors (Lipinski definition) is 7. The third-order valence-corrected chi connectivity index (χ3v) is 5.54. The topological polar surface area (TPSA) is 81.7 Å². The van der Waals surface area contributed by atoms with E-state index in [1.807, 2.05) is 24.6 Å². The van der Waals surface area contributed by atoms with Crippen LogP contribution in [0, 0.1) is 0 Å². The molecule has 0 aliphatic carbocycles. The van der Waals surface area contributed by atoms with Crippen molar-refractivity contribution in [1.82, 2.24) is 19.7 Å². The fraction of sp³-hybridized carbons (Fsp3) is 0.188. The van der Waals surface area contributed by atoms with Crippen LogP contribution < -0.4 is 11.1 Å². The minimum absolute atomic E-state index is 0.582. The highest BCUT2D eigenvalue weighted by Crippen LogP contribution is 2.33. The first-order valence-electron chi connectivity index (χ1n) is 7.52. The van der Waals surface area contributed by atoms with Gasteiger partial charge in [-0.05, 0) is 29.3 Å².